The van der Waals surface area contributed by atoms with Crippen LogP contribution in [0.15, 0.2) is 73.1 Å². The van der Waals surface area contributed by atoms with Crippen LogP contribution in [0.3, 0.4) is 0 Å². The van der Waals surface area contributed by atoms with Gasteiger partial charge >= 0.3 is 6.09 Å². The normalized spacial score (nSPS) is 15.4. The van der Waals surface area contributed by atoms with Gasteiger partial charge in [0.15, 0.2) is 0 Å². The van der Waals surface area contributed by atoms with E-state index in [0.717, 1.165) is 62.7 Å². The molecule has 0 bridgehead atoms. The summed E-state index contributed by atoms with van der Waals surface area (Å²) in [4.78, 5) is 36.9. The Hall–Kier alpha value is -4.59. The zero-order valence-corrected chi connectivity index (χ0v) is 20.5. The van der Waals surface area contributed by atoms with E-state index in [1.807, 2.05) is 11.0 Å². The Morgan fingerprint density at radius 1 is 0.973 bits per heavy atom. The molecule has 1 atom stereocenters. The molecule has 1 aliphatic rings. The molecule has 8 nitrogen and oxygen atoms in total. The number of likely N-dealkylation sites (tertiary alicyclic amines) is 1. The summed E-state index contributed by atoms with van der Waals surface area (Å²) >= 11 is 0. The summed E-state index contributed by atoms with van der Waals surface area (Å²) in [6.07, 6.45) is 2.92. The van der Waals surface area contributed by atoms with Crippen molar-refractivity contribution in [3.8, 4) is 22.3 Å². The molecule has 1 fully saturated rings. The van der Waals surface area contributed by atoms with Gasteiger partial charge in [0.25, 0.3) is 0 Å². The number of benzene rings is 3. The molecule has 1 aliphatic heterocycles. The third-order valence-corrected chi connectivity index (χ3v) is 7.11. The fraction of sp³-hybridized carbons (Fsp3) is 0.207. The number of rotatable bonds is 5. The van der Waals surface area contributed by atoms with Gasteiger partial charge in [-0.3, -0.25) is 4.79 Å². The minimum atomic E-state index is -0.603. The van der Waals surface area contributed by atoms with E-state index in [0.29, 0.717) is 6.54 Å². The average Bonchev–Trinajstić information content (AvgIpc) is 3.69. The molecule has 1 saturated heterocycles. The SMILES string of the molecule is COC(=O)NCC(=O)N1CCC[C@H]1c1cc2cc(-c3ccc(-c4ccc5nc[nH]c5c4)cc3)ccc2[nH]1. The first-order chi connectivity index (χ1) is 18.1. The summed E-state index contributed by atoms with van der Waals surface area (Å²) in [7, 11) is 1.28. The standard InChI is InChI=1S/C29H27N5O3/c1-37-29(36)30-16-28(35)34-12-2-3-27(34)26-15-22-13-20(8-10-23(22)33-26)18-4-6-19(7-5-18)21-9-11-24-25(14-21)32-17-31-24/h4-11,13-15,17,27,33H,2-3,12,16H2,1H3,(H,30,36)(H,31,32)/t27-/m0/s1. The second kappa shape index (κ2) is 9.46. The first kappa shape index (κ1) is 22.8. The summed E-state index contributed by atoms with van der Waals surface area (Å²) in [5.41, 5.74) is 8.61. The number of amides is 2. The highest BCUT2D eigenvalue weighted by atomic mass is 16.5. The van der Waals surface area contributed by atoms with Crippen LogP contribution in [0, 0.1) is 0 Å². The maximum atomic E-state index is 12.7. The Bertz CT molecular complexity index is 1600. The number of aromatic nitrogens is 3. The first-order valence-corrected chi connectivity index (χ1v) is 12.4. The largest absolute Gasteiger partial charge is 0.453 e. The Labute approximate surface area is 213 Å². The maximum absolute atomic E-state index is 12.7. The van der Waals surface area contributed by atoms with Crippen LogP contribution in [-0.4, -0.2) is 52.1 Å². The van der Waals surface area contributed by atoms with E-state index in [1.165, 1.54) is 7.11 Å². The highest BCUT2D eigenvalue weighted by Crippen LogP contribution is 2.35. The Balaban J connectivity index is 1.22. The van der Waals surface area contributed by atoms with E-state index >= 15 is 0 Å². The molecule has 186 valence electrons. The van der Waals surface area contributed by atoms with Crippen molar-refractivity contribution < 1.29 is 14.3 Å². The Morgan fingerprint density at radius 2 is 1.70 bits per heavy atom. The molecule has 6 rings (SSSR count). The average molecular weight is 494 g/mol. The summed E-state index contributed by atoms with van der Waals surface area (Å²) in [5.74, 6) is -0.112. The number of nitrogens with zero attached hydrogens (tertiary/aromatic N) is 2. The molecule has 3 aromatic carbocycles. The van der Waals surface area contributed by atoms with Crippen LogP contribution in [0.4, 0.5) is 4.79 Å². The summed E-state index contributed by atoms with van der Waals surface area (Å²) in [5, 5.41) is 3.59. The minimum Gasteiger partial charge on any atom is -0.453 e. The van der Waals surface area contributed by atoms with Crippen molar-refractivity contribution in [2.75, 3.05) is 20.2 Å². The molecular formula is C29H27N5O3. The van der Waals surface area contributed by atoms with Crippen LogP contribution >= 0.6 is 0 Å². The predicted molar refractivity (Wildman–Crippen MR) is 143 cm³/mol. The van der Waals surface area contributed by atoms with Crippen LogP contribution in [0.25, 0.3) is 44.2 Å². The smallest absolute Gasteiger partial charge is 0.407 e. The number of fused-ring (bicyclic) bond motifs is 2. The van der Waals surface area contributed by atoms with Gasteiger partial charge in [0.1, 0.15) is 6.54 Å². The van der Waals surface area contributed by atoms with Gasteiger partial charge in [0.05, 0.1) is 30.5 Å². The number of aromatic amines is 2. The Kier molecular flexibility index (Phi) is 5.84. The molecule has 3 N–H and O–H groups in total. The first-order valence-electron chi connectivity index (χ1n) is 12.4. The van der Waals surface area contributed by atoms with E-state index in [-0.39, 0.29) is 18.5 Å². The zero-order valence-electron chi connectivity index (χ0n) is 20.5. The molecule has 0 unspecified atom stereocenters. The lowest BCUT2D eigenvalue weighted by Crippen LogP contribution is -2.39. The van der Waals surface area contributed by atoms with E-state index in [4.69, 9.17) is 0 Å². The van der Waals surface area contributed by atoms with Crippen molar-refractivity contribution in [1.82, 2.24) is 25.2 Å². The molecule has 0 aliphatic carbocycles. The number of carbonyl (C=O) groups excluding carboxylic acids is 2. The third-order valence-electron chi connectivity index (χ3n) is 7.11. The number of nitrogens with one attached hydrogen (secondary N) is 3. The van der Waals surface area contributed by atoms with Crippen molar-refractivity contribution in [2.24, 2.45) is 0 Å². The molecule has 3 heterocycles. The molecule has 8 heteroatoms. The fourth-order valence-corrected chi connectivity index (χ4v) is 5.19. The van der Waals surface area contributed by atoms with Crippen LogP contribution in [0.5, 0.6) is 0 Å². The van der Waals surface area contributed by atoms with Gasteiger partial charge in [-0.15, -0.1) is 0 Å². The second-order valence-corrected chi connectivity index (χ2v) is 9.33. The van der Waals surface area contributed by atoms with E-state index in [9.17, 15) is 9.59 Å². The Morgan fingerprint density at radius 3 is 2.49 bits per heavy atom. The minimum absolute atomic E-state index is 0.0331. The summed E-state index contributed by atoms with van der Waals surface area (Å²) < 4.78 is 4.57. The number of H-pyrrole nitrogens is 2. The quantitative estimate of drug-likeness (QED) is 0.305. The lowest BCUT2D eigenvalue weighted by atomic mass is 9.99. The van der Waals surface area contributed by atoms with Crippen molar-refractivity contribution in [1.29, 1.82) is 0 Å². The van der Waals surface area contributed by atoms with Gasteiger partial charge in [-0.1, -0.05) is 36.4 Å². The molecule has 0 spiro atoms. The molecule has 0 saturated carbocycles. The molecule has 2 aromatic heterocycles. The van der Waals surface area contributed by atoms with Gasteiger partial charge < -0.3 is 24.9 Å². The number of hydrogen-bond donors (Lipinski definition) is 3. The lowest BCUT2D eigenvalue weighted by molar-refractivity contribution is -0.131. The topological polar surface area (TPSA) is 103 Å². The number of hydrogen-bond acceptors (Lipinski definition) is 4. The lowest BCUT2D eigenvalue weighted by Gasteiger charge is -2.24. The molecule has 5 aromatic rings. The number of carbonyl (C=O) groups is 2. The van der Waals surface area contributed by atoms with Crippen LogP contribution in [-0.2, 0) is 9.53 Å². The number of imidazole rings is 1. The fourth-order valence-electron chi connectivity index (χ4n) is 5.19. The monoisotopic (exact) mass is 493 g/mol. The van der Waals surface area contributed by atoms with E-state index in [2.05, 4.69) is 85.7 Å². The van der Waals surface area contributed by atoms with Crippen LogP contribution in [0.1, 0.15) is 24.6 Å². The van der Waals surface area contributed by atoms with Crippen molar-refractivity contribution in [3.63, 3.8) is 0 Å². The third kappa shape index (κ3) is 4.42. The second-order valence-electron chi connectivity index (χ2n) is 9.33. The van der Waals surface area contributed by atoms with E-state index < -0.39 is 6.09 Å². The summed E-state index contributed by atoms with van der Waals surface area (Å²) in [6, 6.07) is 23.3. The van der Waals surface area contributed by atoms with Crippen LogP contribution in [0.2, 0.25) is 0 Å². The number of ether oxygens (including phenoxy) is 1. The number of methoxy groups -OCH3 is 1. The van der Waals surface area contributed by atoms with Gasteiger partial charge in [-0.05, 0) is 65.4 Å². The highest BCUT2D eigenvalue weighted by Gasteiger charge is 2.31. The predicted octanol–water partition coefficient (Wildman–Crippen LogP) is 5.40. The molecule has 37 heavy (non-hydrogen) atoms. The van der Waals surface area contributed by atoms with E-state index in [1.54, 1.807) is 6.33 Å². The summed E-state index contributed by atoms with van der Waals surface area (Å²) in [6.45, 7) is 0.603. The van der Waals surface area contributed by atoms with Gasteiger partial charge in [-0.2, -0.15) is 0 Å². The van der Waals surface area contributed by atoms with Gasteiger partial charge in [0, 0.05) is 23.1 Å². The molecule has 2 amide bonds. The van der Waals surface area contributed by atoms with Crippen molar-refractivity contribution in [2.45, 2.75) is 18.9 Å². The van der Waals surface area contributed by atoms with Crippen molar-refractivity contribution >= 4 is 33.9 Å². The number of alkyl carbamates (subject to hydrolysis) is 1. The maximum Gasteiger partial charge on any atom is 0.407 e. The molecular weight excluding hydrogens is 466 g/mol. The highest BCUT2D eigenvalue weighted by molar-refractivity contribution is 5.87. The molecule has 0 radical (unpaired) electrons. The van der Waals surface area contributed by atoms with Gasteiger partial charge in [-0.25, -0.2) is 9.78 Å². The zero-order chi connectivity index (χ0) is 25.4. The van der Waals surface area contributed by atoms with Crippen LogP contribution < -0.4 is 5.32 Å². The van der Waals surface area contributed by atoms with Crippen molar-refractivity contribution in [3.05, 3.63) is 78.8 Å². The van der Waals surface area contributed by atoms with Gasteiger partial charge in [0.2, 0.25) is 5.91 Å².